The summed E-state index contributed by atoms with van der Waals surface area (Å²) >= 11 is 0. The molecule has 108 valence electrons. The third kappa shape index (κ3) is 3.42. The number of pyridine rings is 1. The standard InChI is InChI=1S/C16H18N4O/c21-16(20-14-4-2-1-3-5-14)12-6-7-15(19-10-12)13-8-17-11-18-9-13/h6-11,14H,1-5H2,(H,20,21). The highest BCUT2D eigenvalue weighted by Gasteiger charge is 2.16. The molecule has 0 bridgehead atoms. The van der Waals surface area contributed by atoms with E-state index in [0.717, 1.165) is 24.1 Å². The van der Waals surface area contributed by atoms with E-state index in [9.17, 15) is 4.79 Å². The van der Waals surface area contributed by atoms with Crippen molar-refractivity contribution in [3.05, 3.63) is 42.6 Å². The van der Waals surface area contributed by atoms with Crippen LogP contribution in [-0.2, 0) is 0 Å². The number of aromatic nitrogens is 3. The van der Waals surface area contributed by atoms with Gasteiger partial charge in [-0.05, 0) is 25.0 Å². The van der Waals surface area contributed by atoms with Crippen molar-refractivity contribution in [1.82, 2.24) is 20.3 Å². The van der Waals surface area contributed by atoms with Gasteiger partial charge in [0.1, 0.15) is 6.33 Å². The van der Waals surface area contributed by atoms with E-state index in [-0.39, 0.29) is 5.91 Å². The van der Waals surface area contributed by atoms with Gasteiger partial charge in [0.15, 0.2) is 0 Å². The molecule has 1 fully saturated rings. The van der Waals surface area contributed by atoms with Gasteiger partial charge in [-0.1, -0.05) is 19.3 Å². The van der Waals surface area contributed by atoms with E-state index in [0.29, 0.717) is 11.6 Å². The Labute approximate surface area is 123 Å². The van der Waals surface area contributed by atoms with E-state index in [2.05, 4.69) is 20.3 Å². The Bertz CT molecular complexity index is 591. The maximum atomic E-state index is 12.2. The number of nitrogens with zero attached hydrogens (tertiary/aromatic N) is 3. The molecular weight excluding hydrogens is 264 g/mol. The van der Waals surface area contributed by atoms with E-state index in [1.165, 1.54) is 25.6 Å². The van der Waals surface area contributed by atoms with E-state index >= 15 is 0 Å². The van der Waals surface area contributed by atoms with Gasteiger partial charge in [-0.2, -0.15) is 0 Å². The molecule has 0 spiro atoms. The van der Waals surface area contributed by atoms with Gasteiger partial charge in [0.2, 0.25) is 0 Å². The van der Waals surface area contributed by atoms with Gasteiger partial charge < -0.3 is 5.32 Å². The van der Waals surface area contributed by atoms with E-state index in [1.54, 1.807) is 24.7 Å². The topological polar surface area (TPSA) is 67.8 Å². The summed E-state index contributed by atoms with van der Waals surface area (Å²) in [6.45, 7) is 0. The van der Waals surface area contributed by atoms with Gasteiger partial charge >= 0.3 is 0 Å². The Balaban J connectivity index is 1.67. The molecule has 5 heteroatoms. The molecule has 2 aromatic rings. The highest BCUT2D eigenvalue weighted by molar-refractivity contribution is 5.94. The monoisotopic (exact) mass is 282 g/mol. The Morgan fingerprint density at radius 3 is 2.48 bits per heavy atom. The van der Waals surface area contributed by atoms with Crippen LogP contribution in [0.15, 0.2) is 37.1 Å². The molecule has 0 radical (unpaired) electrons. The van der Waals surface area contributed by atoms with Crippen molar-refractivity contribution in [3.8, 4) is 11.3 Å². The highest BCUT2D eigenvalue weighted by atomic mass is 16.1. The first kappa shape index (κ1) is 13.7. The predicted molar refractivity (Wildman–Crippen MR) is 79.6 cm³/mol. The van der Waals surface area contributed by atoms with Crippen LogP contribution < -0.4 is 5.32 Å². The Morgan fingerprint density at radius 1 is 1.05 bits per heavy atom. The number of hydrogen-bond donors (Lipinski definition) is 1. The molecule has 0 unspecified atom stereocenters. The molecule has 2 heterocycles. The van der Waals surface area contributed by atoms with Gasteiger partial charge in [-0.3, -0.25) is 9.78 Å². The van der Waals surface area contributed by atoms with Crippen LogP contribution >= 0.6 is 0 Å². The third-order valence-electron chi connectivity index (χ3n) is 3.82. The molecule has 2 aromatic heterocycles. The van der Waals surface area contributed by atoms with Crippen molar-refractivity contribution >= 4 is 5.91 Å². The maximum Gasteiger partial charge on any atom is 0.253 e. The van der Waals surface area contributed by atoms with Crippen LogP contribution in [0, 0.1) is 0 Å². The van der Waals surface area contributed by atoms with Crippen LogP contribution in [-0.4, -0.2) is 26.9 Å². The molecule has 1 aliphatic rings. The van der Waals surface area contributed by atoms with E-state index in [1.807, 2.05) is 6.07 Å². The molecule has 1 saturated carbocycles. The summed E-state index contributed by atoms with van der Waals surface area (Å²) in [6.07, 6.45) is 12.4. The molecule has 5 nitrogen and oxygen atoms in total. The lowest BCUT2D eigenvalue weighted by atomic mass is 9.95. The lowest BCUT2D eigenvalue weighted by molar-refractivity contribution is 0.0927. The maximum absolute atomic E-state index is 12.2. The molecule has 0 aromatic carbocycles. The largest absolute Gasteiger partial charge is 0.349 e. The van der Waals surface area contributed by atoms with Crippen molar-refractivity contribution in [2.75, 3.05) is 0 Å². The summed E-state index contributed by atoms with van der Waals surface area (Å²) in [5.74, 6) is -0.0368. The first-order chi connectivity index (χ1) is 10.3. The summed E-state index contributed by atoms with van der Waals surface area (Å²) in [5.41, 5.74) is 2.21. The number of nitrogens with one attached hydrogen (secondary N) is 1. The zero-order valence-electron chi connectivity index (χ0n) is 11.8. The summed E-state index contributed by atoms with van der Waals surface area (Å²) in [5, 5.41) is 3.09. The summed E-state index contributed by atoms with van der Waals surface area (Å²) in [4.78, 5) is 24.4. The number of amides is 1. The number of hydrogen-bond acceptors (Lipinski definition) is 4. The van der Waals surface area contributed by atoms with Crippen LogP contribution in [0.1, 0.15) is 42.5 Å². The average molecular weight is 282 g/mol. The van der Waals surface area contributed by atoms with Crippen molar-refractivity contribution in [2.24, 2.45) is 0 Å². The molecule has 0 saturated heterocycles. The van der Waals surface area contributed by atoms with Crippen LogP contribution in [0.5, 0.6) is 0 Å². The lowest BCUT2D eigenvalue weighted by Gasteiger charge is -2.22. The Morgan fingerprint density at radius 2 is 1.81 bits per heavy atom. The zero-order valence-corrected chi connectivity index (χ0v) is 11.8. The van der Waals surface area contributed by atoms with Gasteiger partial charge in [0, 0.05) is 30.2 Å². The molecule has 1 N–H and O–H groups in total. The molecule has 3 rings (SSSR count). The minimum Gasteiger partial charge on any atom is -0.349 e. The average Bonchev–Trinajstić information content (AvgIpc) is 2.57. The minimum absolute atomic E-state index is 0.0368. The second-order valence-corrected chi connectivity index (χ2v) is 5.37. The molecule has 21 heavy (non-hydrogen) atoms. The zero-order chi connectivity index (χ0) is 14.5. The first-order valence-corrected chi connectivity index (χ1v) is 7.35. The second-order valence-electron chi connectivity index (χ2n) is 5.37. The third-order valence-corrected chi connectivity index (χ3v) is 3.82. The molecular formula is C16H18N4O. The van der Waals surface area contributed by atoms with Crippen molar-refractivity contribution in [3.63, 3.8) is 0 Å². The highest BCUT2D eigenvalue weighted by Crippen LogP contribution is 2.18. The first-order valence-electron chi connectivity index (χ1n) is 7.35. The van der Waals surface area contributed by atoms with Crippen molar-refractivity contribution < 1.29 is 4.79 Å². The quantitative estimate of drug-likeness (QED) is 0.939. The van der Waals surface area contributed by atoms with Gasteiger partial charge in [-0.15, -0.1) is 0 Å². The van der Waals surface area contributed by atoms with Crippen LogP contribution in [0.25, 0.3) is 11.3 Å². The van der Waals surface area contributed by atoms with Gasteiger partial charge in [0.05, 0.1) is 11.3 Å². The second kappa shape index (κ2) is 6.43. The number of rotatable bonds is 3. The minimum atomic E-state index is -0.0368. The van der Waals surface area contributed by atoms with Crippen molar-refractivity contribution in [1.29, 1.82) is 0 Å². The Hall–Kier alpha value is -2.30. The molecule has 0 aliphatic heterocycles. The van der Waals surface area contributed by atoms with Gasteiger partial charge in [-0.25, -0.2) is 9.97 Å². The van der Waals surface area contributed by atoms with Crippen LogP contribution in [0.4, 0.5) is 0 Å². The summed E-state index contributed by atoms with van der Waals surface area (Å²) < 4.78 is 0. The predicted octanol–water partition coefficient (Wildman–Crippen LogP) is 2.60. The van der Waals surface area contributed by atoms with E-state index < -0.39 is 0 Å². The summed E-state index contributed by atoms with van der Waals surface area (Å²) in [6, 6.07) is 3.94. The molecule has 1 amide bonds. The Kier molecular flexibility index (Phi) is 4.19. The van der Waals surface area contributed by atoms with Gasteiger partial charge in [0.25, 0.3) is 5.91 Å². The van der Waals surface area contributed by atoms with Crippen molar-refractivity contribution in [2.45, 2.75) is 38.1 Å². The lowest BCUT2D eigenvalue weighted by Crippen LogP contribution is -2.36. The number of carbonyl (C=O) groups is 1. The summed E-state index contributed by atoms with van der Waals surface area (Å²) in [7, 11) is 0. The molecule has 1 aliphatic carbocycles. The SMILES string of the molecule is O=C(NC1CCCCC1)c1ccc(-c2cncnc2)nc1. The van der Waals surface area contributed by atoms with E-state index in [4.69, 9.17) is 0 Å². The molecule has 0 atom stereocenters. The fourth-order valence-electron chi connectivity index (χ4n) is 2.65. The van der Waals surface area contributed by atoms with Crippen LogP contribution in [0.2, 0.25) is 0 Å². The fraction of sp³-hybridized carbons (Fsp3) is 0.375. The fourth-order valence-corrected chi connectivity index (χ4v) is 2.65. The normalized spacial score (nSPS) is 15.6. The smallest absolute Gasteiger partial charge is 0.253 e. The number of carbonyl (C=O) groups excluding carboxylic acids is 1. The van der Waals surface area contributed by atoms with Crippen LogP contribution in [0.3, 0.4) is 0 Å².